The number of anilines is 1. The number of benzene rings is 1. The summed E-state index contributed by atoms with van der Waals surface area (Å²) in [7, 11) is 0. The molecule has 0 bridgehead atoms. The summed E-state index contributed by atoms with van der Waals surface area (Å²) >= 11 is 3.54. The lowest BCUT2D eigenvalue weighted by Gasteiger charge is -2.12. The summed E-state index contributed by atoms with van der Waals surface area (Å²) in [5.41, 5.74) is 3.28. The number of carbonyl (C=O) groups is 1. The molecule has 1 aromatic carbocycles. The second-order valence-corrected chi connectivity index (χ2v) is 6.57. The minimum Gasteiger partial charge on any atom is -0.325 e. The van der Waals surface area contributed by atoms with E-state index in [2.05, 4.69) is 40.3 Å². The van der Waals surface area contributed by atoms with Gasteiger partial charge in [-0.05, 0) is 71.6 Å². The fourth-order valence-electron chi connectivity index (χ4n) is 3.49. The Morgan fingerprint density at radius 2 is 1.94 bits per heavy atom. The lowest BCUT2D eigenvalue weighted by Crippen LogP contribution is -2.17. The van der Waals surface area contributed by atoms with Gasteiger partial charge < -0.3 is 5.32 Å². The van der Waals surface area contributed by atoms with E-state index in [4.69, 9.17) is 0 Å². The Bertz CT molecular complexity index is 478. The Morgan fingerprint density at radius 1 is 1.28 bits per heavy atom. The molecule has 0 aromatic heterocycles. The number of hydrogen-bond donors (Lipinski definition) is 1. The number of hydrogen-bond acceptors (Lipinski definition) is 1. The highest BCUT2D eigenvalue weighted by molar-refractivity contribution is 9.10. The molecule has 2 fully saturated rings. The van der Waals surface area contributed by atoms with Crippen molar-refractivity contribution in [3.63, 3.8) is 0 Å². The Balaban J connectivity index is 1.75. The van der Waals surface area contributed by atoms with E-state index in [1.807, 2.05) is 6.92 Å². The smallest absolute Gasteiger partial charge is 0.228 e. The zero-order valence-corrected chi connectivity index (χ0v) is 12.4. The van der Waals surface area contributed by atoms with E-state index < -0.39 is 0 Å². The first-order valence-electron chi connectivity index (χ1n) is 6.65. The van der Waals surface area contributed by atoms with E-state index in [9.17, 15) is 4.79 Å². The van der Waals surface area contributed by atoms with Gasteiger partial charge in [0, 0.05) is 10.4 Å². The van der Waals surface area contributed by atoms with Crippen molar-refractivity contribution in [2.45, 2.75) is 33.1 Å². The maximum atomic E-state index is 12.2. The molecule has 2 atom stereocenters. The van der Waals surface area contributed by atoms with Gasteiger partial charge >= 0.3 is 0 Å². The van der Waals surface area contributed by atoms with Crippen molar-refractivity contribution < 1.29 is 4.79 Å². The van der Waals surface area contributed by atoms with Crippen LogP contribution in [0.5, 0.6) is 0 Å². The highest BCUT2D eigenvalue weighted by Gasteiger charge is 2.56. The molecular weight excluding hydrogens is 290 g/mol. The molecule has 2 aliphatic rings. The quantitative estimate of drug-likeness (QED) is 0.877. The number of rotatable bonds is 2. The first-order chi connectivity index (χ1) is 8.58. The summed E-state index contributed by atoms with van der Waals surface area (Å²) in [4.78, 5) is 12.2. The van der Waals surface area contributed by atoms with E-state index in [1.54, 1.807) is 0 Å². The summed E-state index contributed by atoms with van der Waals surface area (Å²) in [5, 5.41) is 3.11. The highest BCUT2D eigenvalue weighted by Crippen LogP contribution is 2.57. The number of halogens is 1. The maximum absolute atomic E-state index is 12.2. The first-order valence-corrected chi connectivity index (χ1v) is 7.45. The van der Waals surface area contributed by atoms with Crippen molar-refractivity contribution in [3.8, 4) is 0 Å². The van der Waals surface area contributed by atoms with E-state index in [0.717, 1.165) is 15.7 Å². The molecule has 2 nitrogen and oxygen atoms in total. The van der Waals surface area contributed by atoms with Gasteiger partial charge in [0.25, 0.3) is 0 Å². The molecule has 2 unspecified atom stereocenters. The maximum Gasteiger partial charge on any atom is 0.228 e. The molecule has 96 valence electrons. The van der Waals surface area contributed by atoms with Gasteiger partial charge in [-0.15, -0.1) is 0 Å². The van der Waals surface area contributed by atoms with Crippen LogP contribution in [0.25, 0.3) is 0 Å². The Kier molecular flexibility index (Phi) is 2.97. The molecule has 2 aliphatic carbocycles. The molecule has 0 saturated heterocycles. The summed E-state index contributed by atoms with van der Waals surface area (Å²) in [6, 6.07) is 4.16. The van der Waals surface area contributed by atoms with Crippen LogP contribution in [0.4, 0.5) is 5.69 Å². The molecule has 0 heterocycles. The van der Waals surface area contributed by atoms with Crippen LogP contribution in [-0.4, -0.2) is 5.91 Å². The van der Waals surface area contributed by atoms with E-state index in [0.29, 0.717) is 11.8 Å². The van der Waals surface area contributed by atoms with Crippen molar-refractivity contribution >= 4 is 27.5 Å². The molecule has 2 saturated carbocycles. The van der Waals surface area contributed by atoms with Gasteiger partial charge in [0.2, 0.25) is 5.91 Å². The summed E-state index contributed by atoms with van der Waals surface area (Å²) < 4.78 is 0.985. The predicted octanol–water partition coefficient (Wildman–Crippen LogP) is 4.05. The first kappa shape index (κ1) is 12.2. The summed E-state index contributed by atoms with van der Waals surface area (Å²) in [6.07, 6.45) is 3.81. The molecule has 3 heteroatoms. The Labute approximate surface area is 116 Å². The molecule has 1 amide bonds. The Morgan fingerprint density at radius 3 is 2.56 bits per heavy atom. The lowest BCUT2D eigenvalue weighted by atomic mass is 10.1. The minimum atomic E-state index is 0.220. The molecule has 3 rings (SSSR count). The van der Waals surface area contributed by atoms with Crippen molar-refractivity contribution in [1.29, 1.82) is 0 Å². The lowest BCUT2D eigenvalue weighted by molar-refractivity contribution is -0.118. The molecule has 1 aromatic rings. The minimum absolute atomic E-state index is 0.220. The monoisotopic (exact) mass is 307 g/mol. The number of amides is 1. The van der Waals surface area contributed by atoms with Crippen molar-refractivity contribution in [1.82, 2.24) is 0 Å². The molecule has 0 spiro atoms. The summed E-state index contributed by atoms with van der Waals surface area (Å²) in [6.45, 7) is 4.11. The van der Waals surface area contributed by atoms with Crippen molar-refractivity contribution in [2.75, 3.05) is 5.32 Å². The number of nitrogens with one attached hydrogen (secondary N) is 1. The van der Waals surface area contributed by atoms with Gasteiger partial charge in [-0.1, -0.05) is 12.5 Å². The van der Waals surface area contributed by atoms with Crippen molar-refractivity contribution in [3.05, 3.63) is 27.7 Å². The largest absolute Gasteiger partial charge is 0.325 e. The van der Waals surface area contributed by atoms with Gasteiger partial charge in [-0.3, -0.25) is 4.79 Å². The third-order valence-electron chi connectivity index (χ3n) is 4.39. The topological polar surface area (TPSA) is 29.1 Å². The van der Waals surface area contributed by atoms with Crippen molar-refractivity contribution in [2.24, 2.45) is 17.8 Å². The third-order valence-corrected chi connectivity index (χ3v) is 5.01. The van der Waals surface area contributed by atoms with Crippen LogP contribution in [0.3, 0.4) is 0 Å². The van der Waals surface area contributed by atoms with E-state index in [1.165, 1.54) is 24.8 Å². The number of aryl methyl sites for hydroxylation is 2. The fourth-order valence-corrected chi connectivity index (χ4v) is 4.26. The van der Waals surface area contributed by atoms with Crippen LogP contribution in [0, 0.1) is 31.6 Å². The van der Waals surface area contributed by atoms with E-state index in [-0.39, 0.29) is 11.8 Å². The number of carbonyl (C=O) groups excluding carboxylic acids is 1. The van der Waals surface area contributed by atoms with Gasteiger partial charge in [0.15, 0.2) is 0 Å². The molecular formula is C15H18BrNO. The second kappa shape index (κ2) is 4.37. The number of fused-ring (bicyclic) bond motifs is 1. The van der Waals surface area contributed by atoms with Crippen LogP contribution >= 0.6 is 15.9 Å². The zero-order chi connectivity index (χ0) is 12.9. The highest BCUT2D eigenvalue weighted by atomic mass is 79.9. The molecule has 0 radical (unpaired) electrons. The molecule has 1 N–H and O–H groups in total. The van der Waals surface area contributed by atoms with E-state index >= 15 is 0 Å². The predicted molar refractivity (Wildman–Crippen MR) is 76.6 cm³/mol. The van der Waals surface area contributed by atoms with Gasteiger partial charge in [0.05, 0.1) is 5.69 Å². The van der Waals surface area contributed by atoms with Gasteiger partial charge in [0.1, 0.15) is 0 Å². The normalized spacial score (nSPS) is 28.9. The van der Waals surface area contributed by atoms with Crippen LogP contribution < -0.4 is 5.32 Å². The van der Waals surface area contributed by atoms with Gasteiger partial charge in [-0.25, -0.2) is 0 Å². The molecule has 18 heavy (non-hydrogen) atoms. The fraction of sp³-hybridized carbons (Fsp3) is 0.533. The van der Waals surface area contributed by atoms with Crippen LogP contribution in [-0.2, 0) is 4.79 Å². The zero-order valence-electron chi connectivity index (χ0n) is 10.8. The Hall–Kier alpha value is -0.830. The standard InChI is InChI=1S/C15H18BrNO/c1-8-6-9(2)14(12(16)7-8)17-15(18)13-10-4-3-5-11(10)13/h6-7,10-11,13H,3-5H2,1-2H3,(H,17,18). The van der Waals surface area contributed by atoms with Crippen LogP contribution in [0.2, 0.25) is 0 Å². The van der Waals surface area contributed by atoms with Crippen LogP contribution in [0.1, 0.15) is 30.4 Å². The third kappa shape index (κ3) is 1.99. The molecule has 0 aliphatic heterocycles. The average molecular weight is 308 g/mol. The van der Waals surface area contributed by atoms with Crippen LogP contribution in [0.15, 0.2) is 16.6 Å². The SMILES string of the molecule is Cc1cc(C)c(NC(=O)C2C3CCCC32)c(Br)c1. The van der Waals surface area contributed by atoms with Gasteiger partial charge in [-0.2, -0.15) is 0 Å². The average Bonchev–Trinajstić information content (AvgIpc) is 2.77. The second-order valence-electron chi connectivity index (χ2n) is 5.71. The summed E-state index contributed by atoms with van der Waals surface area (Å²) in [5.74, 6) is 1.85.